The van der Waals surface area contributed by atoms with Crippen LogP contribution >= 0.6 is 11.6 Å². The Morgan fingerprint density at radius 1 is 1.16 bits per heavy atom. The van der Waals surface area contributed by atoms with Crippen LogP contribution in [0.2, 0.25) is 5.02 Å². The van der Waals surface area contributed by atoms with E-state index in [1.165, 1.54) is 12.1 Å². The third kappa shape index (κ3) is 3.08. The summed E-state index contributed by atoms with van der Waals surface area (Å²) in [5.74, 6) is -0.0805. The second-order valence-corrected chi connectivity index (χ2v) is 6.74. The zero-order chi connectivity index (χ0) is 14.0. The number of sulfone groups is 1. The van der Waals surface area contributed by atoms with Crippen LogP contribution < -0.4 is 5.73 Å². The van der Waals surface area contributed by atoms with Gasteiger partial charge in [-0.3, -0.25) is 0 Å². The third-order valence-corrected chi connectivity index (χ3v) is 5.04. The predicted molar refractivity (Wildman–Crippen MR) is 77.9 cm³/mol. The molecule has 2 aromatic rings. The molecular weight excluding hydrogens is 282 g/mol. The molecule has 19 heavy (non-hydrogen) atoms. The molecule has 0 saturated carbocycles. The van der Waals surface area contributed by atoms with Crippen LogP contribution in [0.15, 0.2) is 47.4 Å². The topological polar surface area (TPSA) is 60.2 Å². The van der Waals surface area contributed by atoms with Crippen LogP contribution in [0.1, 0.15) is 11.1 Å². The molecule has 0 fully saturated rings. The van der Waals surface area contributed by atoms with Crippen LogP contribution in [-0.2, 0) is 15.6 Å². The van der Waals surface area contributed by atoms with Crippen molar-refractivity contribution < 1.29 is 8.42 Å². The second-order valence-electron chi connectivity index (χ2n) is 4.38. The lowest BCUT2D eigenvalue weighted by atomic mass is 10.1. The first-order valence-electron chi connectivity index (χ1n) is 5.72. The molecule has 0 atom stereocenters. The van der Waals surface area contributed by atoms with E-state index in [1.54, 1.807) is 12.1 Å². The highest BCUT2D eigenvalue weighted by Gasteiger charge is 2.19. The number of benzene rings is 2. The first-order valence-corrected chi connectivity index (χ1v) is 7.75. The van der Waals surface area contributed by atoms with Gasteiger partial charge in [0.2, 0.25) is 0 Å². The molecule has 0 aliphatic rings. The Kier molecular flexibility index (Phi) is 3.83. The molecule has 3 nitrogen and oxygen atoms in total. The summed E-state index contributed by atoms with van der Waals surface area (Å²) in [7, 11) is -3.50. The van der Waals surface area contributed by atoms with Crippen LogP contribution in [-0.4, -0.2) is 8.42 Å². The van der Waals surface area contributed by atoms with Crippen LogP contribution in [0.25, 0.3) is 0 Å². The minimum Gasteiger partial charge on any atom is -0.399 e. The first kappa shape index (κ1) is 13.9. The Bertz CT molecular complexity index is 711. The standard InChI is InChI=1S/C14H14ClNO2S/c1-10-4-2-3-5-11(10)9-19(17,18)14-8-12(16)6-7-13(14)15/h2-8H,9,16H2,1H3. The van der Waals surface area contributed by atoms with E-state index in [4.69, 9.17) is 17.3 Å². The molecular formula is C14H14ClNO2S. The number of hydrogen-bond acceptors (Lipinski definition) is 3. The molecule has 2 N–H and O–H groups in total. The van der Waals surface area contributed by atoms with Gasteiger partial charge in [0.05, 0.1) is 15.7 Å². The summed E-state index contributed by atoms with van der Waals surface area (Å²) >= 11 is 5.95. The largest absolute Gasteiger partial charge is 0.399 e. The molecule has 0 aliphatic carbocycles. The van der Waals surface area contributed by atoms with Gasteiger partial charge in [-0.2, -0.15) is 0 Å². The number of halogens is 1. The van der Waals surface area contributed by atoms with Gasteiger partial charge in [0.1, 0.15) is 0 Å². The van der Waals surface area contributed by atoms with E-state index in [-0.39, 0.29) is 15.7 Å². The van der Waals surface area contributed by atoms with E-state index in [1.807, 2.05) is 25.1 Å². The third-order valence-electron chi connectivity index (χ3n) is 2.90. The first-order chi connectivity index (χ1) is 8.90. The van der Waals surface area contributed by atoms with E-state index < -0.39 is 9.84 Å². The van der Waals surface area contributed by atoms with E-state index in [0.717, 1.165) is 11.1 Å². The summed E-state index contributed by atoms with van der Waals surface area (Å²) in [6, 6.07) is 11.9. The zero-order valence-electron chi connectivity index (χ0n) is 10.4. The minimum absolute atomic E-state index is 0.0805. The number of nitrogen functional groups attached to an aromatic ring is 1. The predicted octanol–water partition coefficient (Wildman–Crippen LogP) is 3.20. The number of aryl methyl sites for hydroxylation is 1. The number of nitrogens with two attached hydrogens (primary N) is 1. The lowest BCUT2D eigenvalue weighted by Gasteiger charge is -2.09. The molecule has 0 saturated heterocycles. The van der Waals surface area contributed by atoms with E-state index >= 15 is 0 Å². The van der Waals surface area contributed by atoms with Crippen molar-refractivity contribution >= 4 is 27.1 Å². The molecule has 0 heterocycles. The van der Waals surface area contributed by atoms with Crippen molar-refractivity contribution in [3.63, 3.8) is 0 Å². The molecule has 0 radical (unpaired) electrons. The van der Waals surface area contributed by atoms with Gasteiger partial charge < -0.3 is 5.73 Å². The van der Waals surface area contributed by atoms with Crippen molar-refractivity contribution in [3.05, 3.63) is 58.6 Å². The summed E-state index contributed by atoms with van der Waals surface area (Å²) < 4.78 is 24.8. The summed E-state index contributed by atoms with van der Waals surface area (Å²) in [6.45, 7) is 1.88. The molecule has 0 bridgehead atoms. The number of anilines is 1. The average molecular weight is 296 g/mol. The molecule has 0 amide bonds. The Morgan fingerprint density at radius 3 is 2.53 bits per heavy atom. The molecule has 5 heteroatoms. The minimum atomic E-state index is -3.50. The summed E-state index contributed by atoms with van der Waals surface area (Å²) in [5.41, 5.74) is 7.71. The van der Waals surface area contributed by atoms with Gasteiger partial charge in [0.25, 0.3) is 0 Å². The fourth-order valence-corrected chi connectivity index (χ4v) is 3.85. The molecule has 2 aromatic carbocycles. The van der Waals surface area contributed by atoms with Gasteiger partial charge in [-0.25, -0.2) is 8.42 Å². The van der Waals surface area contributed by atoms with Crippen LogP contribution in [0.4, 0.5) is 5.69 Å². The highest BCUT2D eigenvalue weighted by Crippen LogP contribution is 2.27. The maximum absolute atomic E-state index is 12.4. The Morgan fingerprint density at radius 2 is 1.84 bits per heavy atom. The Balaban J connectivity index is 2.44. The molecule has 0 spiro atoms. The van der Waals surface area contributed by atoms with Crippen LogP contribution in [0.3, 0.4) is 0 Å². The highest BCUT2D eigenvalue weighted by atomic mass is 35.5. The highest BCUT2D eigenvalue weighted by molar-refractivity contribution is 7.90. The molecule has 0 unspecified atom stereocenters. The monoisotopic (exact) mass is 295 g/mol. The van der Waals surface area contributed by atoms with Gasteiger partial charge >= 0.3 is 0 Å². The van der Waals surface area contributed by atoms with E-state index in [2.05, 4.69) is 0 Å². The molecule has 0 aromatic heterocycles. The normalized spacial score (nSPS) is 11.5. The number of hydrogen-bond donors (Lipinski definition) is 1. The number of rotatable bonds is 3. The Hall–Kier alpha value is -1.52. The second kappa shape index (κ2) is 5.23. The molecule has 2 rings (SSSR count). The van der Waals surface area contributed by atoms with Crippen molar-refractivity contribution in [2.75, 3.05) is 5.73 Å². The zero-order valence-corrected chi connectivity index (χ0v) is 12.0. The van der Waals surface area contributed by atoms with Crippen LogP contribution in [0, 0.1) is 6.92 Å². The van der Waals surface area contributed by atoms with Gasteiger partial charge in [-0.05, 0) is 36.2 Å². The smallest absolute Gasteiger partial charge is 0.184 e. The van der Waals surface area contributed by atoms with E-state index in [0.29, 0.717) is 5.69 Å². The maximum atomic E-state index is 12.4. The fourth-order valence-electron chi connectivity index (χ4n) is 1.81. The summed E-state index contributed by atoms with van der Waals surface area (Å²) in [6.07, 6.45) is 0. The Labute approximate surface area is 117 Å². The van der Waals surface area contributed by atoms with Gasteiger partial charge in [0, 0.05) is 5.69 Å². The van der Waals surface area contributed by atoms with Crippen molar-refractivity contribution in [2.45, 2.75) is 17.6 Å². The SMILES string of the molecule is Cc1ccccc1CS(=O)(=O)c1cc(N)ccc1Cl. The van der Waals surface area contributed by atoms with Crippen LogP contribution in [0.5, 0.6) is 0 Å². The average Bonchev–Trinajstić information content (AvgIpc) is 2.35. The summed E-state index contributed by atoms with van der Waals surface area (Å²) in [4.78, 5) is 0.0809. The van der Waals surface area contributed by atoms with Gasteiger partial charge in [-0.1, -0.05) is 35.9 Å². The summed E-state index contributed by atoms with van der Waals surface area (Å²) in [5, 5.41) is 0.197. The fraction of sp³-hybridized carbons (Fsp3) is 0.143. The maximum Gasteiger partial charge on any atom is 0.184 e. The molecule has 0 aliphatic heterocycles. The lowest BCUT2D eigenvalue weighted by molar-refractivity contribution is 0.595. The molecule has 100 valence electrons. The van der Waals surface area contributed by atoms with E-state index in [9.17, 15) is 8.42 Å². The quantitative estimate of drug-likeness (QED) is 0.885. The van der Waals surface area contributed by atoms with Crippen molar-refractivity contribution in [1.82, 2.24) is 0 Å². The van der Waals surface area contributed by atoms with Gasteiger partial charge in [-0.15, -0.1) is 0 Å². The van der Waals surface area contributed by atoms with Crippen molar-refractivity contribution in [1.29, 1.82) is 0 Å². The van der Waals surface area contributed by atoms with Crippen molar-refractivity contribution in [3.8, 4) is 0 Å². The van der Waals surface area contributed by atoms with Gasteiger partial charge in [0.15, 0.2) is 9.84 Å². The van der Waals surface area contributed by atoms with Crippen molar-refractivity contribution in [2.24, 2.45) is 0 Å². The lowest BCUT2D eigenvalue weighted by Crippen LogP contribution is -2.07.